The summed E-state index contributed by atoms with van der Waals surface area (Å²) >= 11 is 3.86. The first-order valence-electron chi connectivity index (χ1n) is 7.79. The molecular weight excluding hydrogens is 330 g/mol. The van der Waals surface area contributed by atoms with E-state index in [1.165, 1.54) is 0 Å². The van der Waals surface area contributed by atoms with E-state index in [4.69, 9.17) is 10.00 Å². The van der Waals surface area contributed by atoms with Gasteiger partial charge in [-0.3, -0.25) is 4.79 Å². The summed E-state index contributed by atoms with van der Waals surface area (Å²) in [4.78, 5) is 13.0. The van der Waals surface area contributed by atoms with Gasteiger partial charge in [0.1, 0.15) is 0 Å². The Labute approximate surface area is 133 Å². The van der Waals surface area contributed by atoms with Gasteiger partial charge in [-0.2, -0.15) is 5.26 Å². The zero-order chi connectivity index (χ0) is 15.0. The van der Waals surface area contributed by atoms with E-state index in [1.54, 1.807) is 6.08 Å². The molecule has 4 heteroatoms. The molecule has 3 nitrogen and oxygen atoms in total. The molecule has 7 atom stereocenters. The molecule has 0 N–H and O–H groups in total. The predicted octanol–water partition coefficient (Wildman–Crippen LogP) is 3.38. The molecule has 1 spiro atoms. The normalized spacial score (nSPS) is 56.6. The molecule has 0 aromatic heterocycles. The van der Waals surface area contributed by atoms with Gasteiger partial charge in [0, 0.05) is 28.5 Å². The number of halogens is 1. The summed E-state index contributed by atoms with van der Waals surface area (Å²) in [5, 5.41) is 8.97. The van der Waals surface area contributed by atoms with Crippen LogP contribution in [0.4, 0.5) is 0 Å². The summed E-state index contributed by atoms with van der Waals surface area (Å²) in [6, 6.07) is 2.21. The first-order chi connectivity index (χ1) is 9.86. The molecule has 3 aliphatic carbocycles. The predicted molar refractivity (Wildman–Crippen MR) is 81.7 cm³/mol. The number of carbonyl (C=O) groups is 1. The molecule has 5 rings (SSSR count). The van der Waals surface area contributed by atoms with Gasteiger partial charge in [0.15, 0.2) is 5.78 Å². The number of alkyl halides is 1. The van der Waals surface area contributed by atoms with Gasteiger partial charge in [-0.05, 0) is 37.7 Å². The van der Waals surface area contributed by atoms with Gasteiger partial charge in [0.05, 0.1) is 17.8 Å². The second-order valence-corrected chi connectivity index (χ2v) is 8.87. The molecule has 2 aliphatic heterocycles. The van der Waals surface area contributed by atoms with Crippen molar-refractivity contribution < 1.29 is 9.53 Å². The molecule has 4 fully saturated rings. The Morgan fingerprint density at radius 2 is 2.29 bits per heavy atom. The minimum absolute atomic E-state index is 0.0454. The van der Waals surface area contributed by atoms with Gasteiger partial charge in [-0.15, -0.1) is 0 Å². The van der Waals surface area contributed by atoms with Gasteiger partial charge in [-0.25, -0.2) is 0 Å². The van der Waals surface area contributed by atoms with Crippen LogP contribution in [0.2, 0.25) is 0 Å². The Hall–Kier alpha value is -0.660. The fourth-order valence-electron chi connectivity index (χ4n) is 5.89. The number of hydrogen-bond acceptors (Lipinski definition) is 3. The summed E-state index contributed by atoms with van der Waals surface area (Å²) in [6.45, 7) is 4.29. The summed E-state index contributed by atoms with van der Waals surface area (Å²) in [7, 11) is 0. The molecule has 0 aromatic carbocycles. The van der Waals surface area contributed by atoms with Crippen molar-refractivity contribution in [2.45, 2.75) is 56.1 Å². The van der Waals surface area contributed by atoms with Crippen LogP contribution in [0, 0.1) is 34.0 Å². The molecule has 5 unspecified atom stereocenters. The third-order valence-electron chi connectivity index (χ3n) is 6.69. The summed E-state index contributed by atoms with van der Waals surface area (Å²) in [5.74, 6) is 0.916. The van der Waals surface area contributed by atoms with E-state index in [0.717, 1.165) is 12.8 Å². The van der Waals surface area contributed by atoms with E-state index in [9.17, 15) is 4.79 Å². The molecule has 2 saturated heterocycles. The minimum Gasteiger partial charge on any atom is -0.370 e. The number of nitriles is 1. The first-order valence-corrected chi connectivity index (χ1v) is 8.70. The maximum atomic E-state index is 12.6. The van der Waals surface area contributed by atoms with Crippen LogP contribution < -0.4 is 0 Å². The Kier molecular flexibility index (Phi) is 2.66. The first kappa shape index (κ1) is 14.0. The SMILES string of the molecule is CC12CC34C=CC(=O)[C@@](C)(CCC#N)C3C(O1)[C@@H](Br)C2C4. The summed E-state index contributed by atoms with van der Waals surface area (Å²) < 4.78 is 6.42. The Bertz CT molecular complexity index is 596. The standard InChI is InChI=1S/C17H20BrNO2/c1-15(5-3-7-19)11(20)4-6-17-8-10-12(18)13(14(15)17)21-16(10,2)9-17/h4,6,10,12-14H,3,5,8-9H2,1-2H3/t10?,12-,13?,14?,15+,16?,17?/m0/s1. The molecule has 21 heavy (non-hydrogen) atoms. The van der Waals surface area contributed by atoms with Gasteiger partial charge >= 0.3 is 0 Å². The van der Waals surface area contributed by atoms with Crippen LogP contribution in [0.15, 0.2) is 12.2 Å². The smallest absolute Gasteiger partial charge is 0.161 e. The summed E-state index contributed by atoms with van der Waals surface area (Å²) in [5.41, 5.74) is -0.404. The van der Waals surface area contributed by atoms with Crippen LogP contribution in [-0.4, -0.2) is 22.3 Å². The van der Waals surface area contributed by atoms with Crippen molar-refractivity contribution in [3.63, 3.8) is 0 Å². The molecular formula is C17H20BrNO2. The van der Waals surface area contributed by atoms with E-state index < -0.39 is 5.41 Å². The van der Waals surface area contributed by atoms with E-state index in [-0.39, 0.29) is 28.8 Å². The number of nitrogens with zero attached hydrogens (tertiary/aromatic N) is 1. The Morgan fingerprint density at radius 1 is 1.52 bits per heavy atom. The van der Waals surface area contributed by atoms with Gasteiger partial charge in [-0.1, -0.05) is 28.9 Å². The van der Waals surface area contributed by atoms with Crippen molar-refractivity contribution in [2.75, 3.05) is 0 Å². The van der Waals surface area contributed by atoms with Crippen LogP contribution in [-0.2, 0) is 9.53 Å². The van der Waals surface area contributed by atoms with Crippen molar-refractivity contribution in [1.29, 1.82) is 5.26 Å². The third kappa shape index (κ3) is 1.50. The largest absolute Gasteiger partial charge is 0.370 e. The Morgan fingerprint density at radius 3 is 2.95 bits per heavy atom. The fraction of sp³-hybridized carbons (Fsp3) is 0.765. The highest BCUT2D eigenvalue weighted by Gasteiger charge is 2.74. The average Bonchev–Trinajstić information content (AvgIpc) is 2.77. The number of rotatable bonds is 2. The van der Waals surface area contributed by atoms with Crippen molar-refractivity contribution >= 4 is 21.7 Å². The highest BCUT2D eigenvalue weighted by molar-refractivity contribution is 9.09. The third-order valence-corrected chi connectivity index (χ3v) is 7.85. The van der Waals surface area contributed by atoms with Gasteiger partial charge in [0.25, 0.3) is 0 Å². The van der Waals surface area contributed by atoms with Crippen LogP contribution in [0.3, 0.4) is 0 Å². The number of carbonyl (C=O) groups excluding carboxylic acids is 1. The number of hydrogen-bond donors (Lipinski definition) is 0. The quantitative estimate of drug-likeness (QED) is 0.718. The topological polar surface area (TPSA) is 50.1 Å². The zero-order valence-corrected chi connectivity index (χ0v) is 14.0. The lowest BCUT2D eigenvalue weighted by molar-refractivity contribution is -0.167. The summed E-state index contributed by atoms with van der Waals surface area (Å²) in [6.07, 6.45) is 7.27. The maximum Gasteiger partial charge on any atom is 0.161 e. The molecule has 0 amide bonds. The van der Waals surface area contributed by atoms with Crippen molar-refractivity contribution in [3.05, 3.63) is 12.2 Å². The molecule has 112 valence electrons. The van der Waals surface area contributed by atoms with E-state index in [0.29, 0.717) is 23.6 Å². The van der Waals surface area contributed by atoms with E-state index in [1.807, 2.05) is 0 Å². The van der Waals surface area contributed by atoms with Crippen LogP contribution >= 0.6 is 15.9 Å². The zero-order valence-electron chi connectivity index (χ0n) is 12.4. The monoisotopic (exact) mass is 349 g/mol. The second kappa shape index (κ2) is 4.00. The second-order valence-electron chi connectivity index (χ2n) is 7.81. The lowest BCUT2D eigenvalue weighted by Gasteiger charge is -2.55. The molecule has 0 radical (unpaired) electrons. The minimum atomic E-state index is -0.461. The van der Waals surface area contributed by atoms with Gasteiger partial charge < -0.3 is 4.74 Å². The fourth-order valence-corrected chi connectivity index (χ4v) is 7.05. The highest BCUT2D eigenvalue weighted by atomic mass is 79.9. The van der Waals surface area contributed by atoms with Crippen LogP contribution in [0.25, 0.3) is 0 Å². The average molecular weight is 350 g/mol. The van der Waals surface area contributed by atoms with Crippen molar-refractivity contribution in [2.24, 2.45) is 22.7 Å². The molecule has 2 saturated carbocycles. The number of ketones is 1. The van der Waals surface area contributed by atoms with E-state index >= 15 is 0 Å². The lowest BCUT2D eigenvalue weighted by atomic mass is 9.51. The molecule has 2 heterocycles. The lowest BCUT2D eigenvalue weighted by Crippen LogP contribution is -2.58. The maximum absolute atomic E-state index is 12.6. The Balaban J connectivity index is 1.83. The van der Waals surface area contributed by atoms with Crippen molar-refractivity contribution in [3.8, 4) is 6.07 Å². The molecule has 5 aliphatic rings. The number of allylic oxidation sites excluding steroid dienone is 2. The number of ether oxygens (including phenoxy) is 1. The van der Waals surface area contributed by atoms with Crippen LogP contribution in [0.5, 0.6) is 0 Å². The molecule has 0 aromatic rings. The van der Waals surface area contributed by atoms with Gasteiger partial charge in [0.2, 0.25) is 0 Å². The molecule has 4 bridgehead atoms. The highest BCUT2D eigenvalue weighted by Crippen LogP contribution is 2.72. The van der Waals surface area contributed by atoms with E-state index in [2.05, 4.69) is 41.9 Å². The van der Waals surface area contributed by atoms with Crippen molar-refractivity contribution in [1.82, 2.24) is 0 Å². The van der Waals surface area contributed by atoms with Crippen LogP contribution in [0.1, 0.15) is 39.5 Å².